The number of sulfonamides is 1. The van der Waals surface area contributed by atoms with E-state index in [9.17, 15) is 13.2 Å². The molecule has 2 aromatic carbocycles. The van der Waals surface area contributed by atoms with Crippen LogP contribution < -0.4 is 9.60 Å². The Morgan fingerprint density at radius 1 is 1.00 bits per heavy atom. The quantitative estimate of drug-likeness (QED) is 0.540. The number of rotatable bonds is 8. The van der Waals surface area contributed by atoms with Gasteiger partial charge in [0.2, 0.25) is 10.0 Å². The second-order valence-electron chi connectivity index (χ2n) is 7.72. The molecule has 1 aliphatic heterocycles. The highest BCUT2D eigenvalue weighted by Crippen LogP contribution is 2.22. The number of thiazole rings is 1. The van der Waals surface area contributed by atoms with Gasteiger partial charge < -0.3 is 4.90 Å². The lowest BCUT2D eigenvalue weighted by molar-refractivity contribution is 0.227. The molecule has 0 unspecified atom stereocenters. The SMILES string of the molecule is O=c1sc2cc(S(=O)(=O)NCCCN3CCCCC3)ccc2n1Cc1ccccc1. The van der Waals surface area contributed by atoms with Gasteiger partial charge in [0.05, 0.1) is 21.7 Å². The van der Waals surface area contributed by atoms with Gasteiger partial charge in [-0.2, -0.15) is 0 Å². The minimum absolute atomic E-state index is 0.0853. The van der Waals surface area contributed by atoms with Crippen LogP contribution >= 0.6 is 11.3 Å². The Morgan fingerprint density at radius 2 is 1.77 bits per heavy atom. The first kappa shape index (κ1) is 21.2. The van der Waals surface area contributed by atoms with Crippen LogP contribution in [-0.2, 0) is 16.6 Å². The average Bonchev–Trinajstić information content (AvgIpc) is 3.07. The van der Waals surface area contributed by atoms with Gasteiger partial charge in [0.25, 0.3) is 0 Å². The molecule has 30 heavy (non-hydrogen) atoms. The van der Waals surface area contributed by atoms with Crippen LogP contribution in [0.4, 0.5) is 0 Å². The lowest BCUT2D eigenvalue weighted by atomic mass is 10.1. The second kappa shape index (κ2) is 9.43. The van der Waals surface area contributed by atoms with Gasteiger partial charge in [0, 0.05) is 6.54 Å². The number of aromatic nitrogens is 1. The van der Waals surface area contributed by atoms with Crippen molar-refractivity contribution in [2.24, 2.45) is 0 Å². The zero-order chi connectivity index (χ0) is 21.0. The van der Waals surface area contributed by atoms with Crippen LogP contribution in [0.2, 0.25) is 0 Å². The number of hydrogen-bond acceptors (Lipinski definition) is 5. The van der Waals surface area contributed by atoms with E-state index in [1.807, 2.05) is 30.3 Å². The average molecular weight is 446 g/mol. The Balaban J connectivity index is 1.44. The standard InChI is InChI=1S/C22H27N3O3S2/c26-22-25(17-18-8-3-1-4-9-18)20-11-10-19(16-21(20)29-22)30(27,28)23-12-7-15-24-13-5-2-6-14-24/h1,3-4,8-11,16,23H,2,5-7,12-15,17H2. The van der Waals surface area contributed by atoms with Gasteiger partial charge in [-0.15, -0.1) is 0 Å². The Bertz CT molecular complexity index is 1150. The van der Waals surface area contributed by atoms with E-state index in [0.717, 1.165) is 48.5 Å². The van der Waals surface area contributed by atoms with E-state index in [0.29, 0.717) is 17.8 Å². The molecule has 160 valence electrons. The van der Waals surface area contributed by atoms with Crippen molar-refractivity contribution in [1.82, 2.24) is 14.2 Å². The first-order valence-electron chi connectivity index (χ1n) is 10.4. The molecule has 3 aromatic rings. The molecule has 1 fully saturated rings. The van der Waals surface area contributed by atoms with Crippen LogP contribution in [0.3, 0.4) is 0 Å². The molecular formula is C22H27N3O3S2. The predicted molar refractivity (Wildman–Crippen MR) is 122 cm³/mol. The van der Waals surface area contributed by atoms with Gasteiger partial charge in [0.15, 0.2) is 0 Å². The van der Waals surface area contributed by atoms with E-state index in [1.54, 1.807) is 22.8 Å². The van der Waals surface area contributed by atoms with Crippen molar-refractivity contribution in [2.45, 2.75) is 37.1 Å². The van der Waals surface area contributed by atoms with Crippen molar-refractivity contribution in [2.75, 3.05) is 26.2 Å². The molecule has 0 bridgehead atoms. The molecule has 0 atom stereocenters. The maximum absolute atomic E-state index is 12.7. The summed E-state index contributed by atoms with van der Waals surface area (Å²) in [5.74, 6) is 0. The van der Waals surface area contributed by atoms with Crippen LogP contribution in [0.15, 0.2) is 58.2 Å². The van der Waals surface area contributed by atoms with Crippen LogP contribution in [-0.4, -0.2) is 44.1 Å². The van der Waals surface area contributed by atoms with Crippen molar-refractivity contribution < 1.29 is 8.42 Å². The van der Waals surface area contributed by atoms with E-state index in [1.165, 1.54) is 19.3 Å². The van der Waals surface area contributed by atoms with E-state index in [2.05, 4.69) is 9.62 Å². The fraction of sp³-hybridized carbons (Fsp3) is 0.409. The molecule has 0 aliphatic carbocycles. The molecule has 0 spiro atoms. The summed E-state index contributed by atoms with van der Waals surface area (Å²) in [4.78, 5) is 15.0. The van der Waals surface area contributed by atoms with E-state index < -0.39 is 10.0 Å². The summed E-state index contributed by atoms with van der Waals surface area (Å²) >= 11 is 1.08. The summed E-state index contributed by atoms with van der Waals surface area (Å²) in [5.41, 5.74) is 1.80. The van der Waals surface area contributed by atoms with Crippen molar-refractivity contribution >= 4 is 31.6 Å². The minimum Gasteiger partial charge on any atom is -0.303 e. The van der Waals surface area contributed by atoms with Crippen molar-refractivity contribution in [3.8, 4) is 0 Å². The largest absolute Gasteiger partial charge is 0.308 e. The van der Waals surface area contributed by atoms with E-state index in [4.69, 9.17) is 0 Å². The lowest BCUT2D eigenvalue weighted by Crippen LogP contribution is -2.33. The topological polar surface area (TPSA) is 71.4 Å². The van der Waals surface area contributed by atoms with Crippen LogP contribution in [0, 0.1) is 0 Å². The third-order valence-corrected chi connectivity index (χ3v) is 7.93. The highest BCUT2D eigenvalue weighted by Gasteiger charge is 2.17. The van der Waals surface area contributed by atoms with Gasteiger partial charge in [-0.05, 0) is 62.7 Å². The van der Waals surface area contributed by atoms with Gasteiger partial charge in [-0.3, -0.25) is 9.36 Å². The second-order valence-corrected chi connectivity index (χ2v) is 10.5. The summed E-state index contributed by atoms with van der Waals surface area (Å²) in [6, 6.07) is 14.7. The van der Waals surface area contributed by atoms with Crippen molar-refractivity contribution in [1.29, 1.82) is 0 Å². The predicted octanol–water partition coefficient (Wildman–Crippen LogP) is 3.27. The van der Waals surface area contributed by atoms with Gasteiger partial charge in [0.1, 0.15) is 0 Å². The molecule has 0 amide bonds. The number of hydrogen-bond donors (Lipinski definition) is 1. The molecule has 1 aliphatic rings. The van der Waals surface area contributed by atoms with E-state index in [-0.39, 0.29) is 9.77 Å². The molecule has 2 heterocycles. The maximum atomic E-state index is 12.7. The summed E-state index contributed by atoms with van der Waals surface area (Å²) in [6.07, 6.45) is 4.56. The normalized spacial score (nSPS) is 15.6. The molecule has 1 saturated heterocycles. The molecule has 6 nitrogen and oxygen atoms in total. The van der Waals surface area contributed by atoms with Gasteiger partial charge in [-0.1, -0.05) is 48.1 Å². The molecule has 8 heteroatoms. The maximum Gasteiger partial charge on any atom is 0.308 e. The lowest BCUT2D eigenvalue weighted by Gasteiger charge is -2.26. The fourth-order valence-electron chi connectivity index (χ4n) is 3.91. The first-order valence-corrected chi connectivity index (χ1v) is 12.7. The Morgan fingerprint density at radius 3 is 2.53 bits per heavy atom. The Hall–Kier alpha value is -2.00. The Kier molecular flexibility index (Phi) is 6.67. The van der Waals surface area contributed by atoms with Crippen LogP contribution in [0.25, 0.3) is 10.2 Å². The monoisotopic (exact) mass is 445 g/mol. The van der Waals surface area contributed by atoms with Crippen molar-refractivity contribution in [3.05, 3.63) is 63.8 Å². The minimum atomic E-state index is -3.59. The third kappa shape index (κ3) is 5.00. The molecule has 1 N–H and O–H groups in total. The Labute approximate surface area is 181 Å². The molecule has 1 aromatic heterocycles. The molecular weight excluding hydrogens is 418 g/mol. The summed E-state index contributed by atoms with van der Waals surface area (Å²) in [6.45, 7) is 4.04. The third-order valence-electron chi connectivity index (χ3n) is 5.53. The number of fused-ring (bicyclic) bond motifs is 1. The molecule has 4 rings (SSSR count). The van der Waals surface area contributed by atoms with Crippen LogP contribution in [0.5, 0.6) is 0 Å². The summed E-state index contributed by atoms with van der Waals surface area (Å²) < 4.78 is 30.5. The summed E-state index contributed by atoms with van der Waals surface area (Å²) in [5, 5.41) is 0. The number of benzene rings is 2. The van der Waals surface area contributed by atoms with E-state index >= 15 is 0 Å². The number of piperidine rings is 1. The zero-order valence-corrected chi connectivity index (χ0v) is 18.6. The highest BCUT2D eigenvalue weighted by molar-refractivity contribution is 7.89. The number of likely N-dealkylation sites (tertiary alicyclic amines) is 1. The number of nitrogens with zero attached hydrogens (tertiary/aromatic N) is 2. The molecule has 0 radical (unpaired) electrons. The van der Waals surface area contributed by atoms with Crippen molar-refractivity contribution in [3.63, 3.8) is 0 Å². The first-order chi connectivity index (χ1) is 14.5. The highest BCUT2D eigenvalue weighted by atomic mass is 32.2. The smallest absolute Gasteiger partial charge is 0.303 e. The fourth-order valence-corrected chi connectivity index (χ4v) is 6.01. The molecule has 0 saturated carbocycles. The number of nitrogens with one attached hydrogen (secondary N) is 1. The van der Waals surface area contributed by atoms with Gasteiger partial charge >= 0.3 is 4.87 Å². The summed E-state index contributed by atoms with van der Waals surface area (Å²) in [7, 11) is -3.59. The van der Waals surface area contributed by atoms with Gasteiger partial charge in [-0.25, -0.2) is 13.1 Å². The zero-order valence-electron chi connectivity index (χ0n) is 16.9. The van der Waals surface area contributed by atoms with Crippen LogP contribution in [0.1, 0.15) is 31.2 Å².